The summed E-state index contributed by atoms with van der Waals surface area (Å²) in [6.45, 7) is 5.66. The molecule has 1 fully saturated rings. The molecule has 172 valence electrons. The fraction of sp³-hybridized carbons (Fsp3) is 0.333. The first-order chi connectivity index (χ1) is 16.2. The lowest BCUT2D eigenvalue weighted by molar-refractivity contribution is -0.120. The Labute approximate surface area is 192 Å². The number of halogens is 1. The van der Waals surface area contributed by atoms with E-state index < -0.39 is 5.82 Å². The summed E-state index contributed by atoms with van der Waals surface area (Å²) in [5, 5.41) is 6.12. The van der Waals surface area contributed by atoms with Crippen molar-refractivity contribution in [1.29, 1.82) is 0 Å². The summed E-state index contributed by atoms with van der Waals surface area (Å²) in [5.74, 6) is -0.0301. The predicted octanol–water partition coefficient (Wildman–Crippen LogP) is 1.82. The highest BCUT2D eigenvalue weighted by Gasteiger charge is 2.12. The predicted molar refractivity (Wildman–Crippen MR) is 122 cm³/mol. The number of aromatic nitrogens is 3. The van der Waals surface area contributed by atoms with Crippen molar-refractivity contribution in [3.8, 4) is 17.0 Å². The van der Waals surface area contributed by atoms with Crippen molar-refractivity contribution in [2.24, 2.45) is 0 Å². The van der Waals surface area contributed by atoms with Crippen LogP contribution in [0, 0.1) is 5.82 Å². The maximum Gasteiger partial charge on any atom is 0.224 e. The van der Waals surface area contributed by atoms with Crippen molar-refractivity contribution in [2.45, 2.75) is 13.0 Å². The zero-order chi connectivity index (χ0) is 22.9. The highest BCUT2D eigenvalue weighted by Crippen LogP contribution is 2.25. The molecule has 2 N–H and O–H groups in total. The average molecular weight is 451 g/mol. The van der Waals surface area contributed by atoms with Crippen LogP contribution in [0.25, 0.3) is 11.3 Å². The van der Waals surface area contributed by atoms with E-state index in [-0.39, 0.29) is 12.3 Å². The van der Waals surface area contributed by atoms with Crippen molar-refractivity contribution >= 4 is 5.91 Å². The van der Waals surface area contributed by atoms with Crippen LogP contribution in [0.15, 0.2) is 55.1 Å². The first-order valence-electron chi connectivity index (χ1n) is 11.0. The Kier molecular flexibility index (Phi) is 7.89. The molecule has 2 aromatic heterocycles. The number of nitrogens with zero attached hydrogens (tertiary/aromatic N) is 4. The number of carbonyl (C=O) groups is 1. The SMILES string of the molecule is O=C(Cc1ccc(-c2ccc(OCCN3CCNCC3)cc2F)nc1)NCc1ccncn1. The van der Waals surface area contributed by atoms with E-state index in [1.807, 2.05) is 0 Å². The second kappa shape index (κ2) is 11.4. The molecule has 1 aliphatic heterocycles. The van der Waals surface area contributed by atoms with Crippen molar-refractivity contribution < 1.29 is 13.9 Å². The zero-order valence-electron chi connectivity index (χ0n) is 18.3. The van der Waals surface area contributed by atoms with Crippen LogP contribution in [0.4, 0.5) is 4.39 Å². The third-order valence-corrected chi connectivity index (χ3v) is 5.40. The van der Waals surface area contributed by atoms with Crippen LogP contribution in [-0.2, 0) is 17.8 Å². The van der Waals surface area contributed by atoms with Gasteiger partial charge in [-0.05, 0) is 29.8 Å². The molecule has 1 aromatic carbocycles. The second-order valence-corrected chi connectivity index (χ2v) is 7.79. The van der Waals surface area contributed by atoms with Crippen LogP contribution in [-0.4, -0.2) is 65.1 Å². The van der Waals surface area contributed by atoms with Gasteiger partial charge in [0.15, 0.2) is 0 Å². The molecule has 4 rings (SSSR count). The summed E-state index contributed by atoms with van der Waals surface area (Å²) in [6.07, 6.45) is 4.84. The molecule has 0 radical (unpaired) electrons. The van der Waals surface area contributed by atoms with Crippen LogP contribution in [0.5, 0.6) is 5.75 Å². The molecule has 33 heavy (non-hydrogen) atoms. The summed E-state index contributed by atoms with van der Waals surface area (Å²) in [6, 6.07) is 10.1. The third kappa shape index (κ3) is 6.77. The molecule has 0 bridgehead atoms. The molecule has 0 saturated carbocycles. The summed E-state index contributed by atoms with van der Waals surface area (Å²) in [7, 11) is 0. The van der Waals surface area contributed by atoms with E-state index >= 15 is 0 Å². The molecule has 0 aliphatic carbocycles. The number of rotatable bonds is 9. The van der Waals surface area contributed by atoms with E-state index in [0.29, 0.717) is 30.2 Å². The van der Waals surface area contributed by atoms with Gasteiger partial charge in [-0.2, -0.15) is 0 Å². The van der Waals surface area contributed by atoms with Crippen LogP contribution < -0.4 is 15.4 Å². The topological polar surface area (TPSA) is 92.3 Å². The van der Waals surface area contributed by atoms with E-state index in [2.05, 4.69) is 30.5 Å². The number of piperazine rings is 1. The van der Waals surface area contributed by atoms with Crippen LogP contribution in [0.1, 0.15) is 11.3 Å². The van der Waals surface area contributed by atoms with Gasteiger partial charge in [0.05, 0.1) is 24.4 Å². The number of pyridine rings is 1. The monoisotopic (exact) mass is 450 g/mol. The van der Waals surface area contributed by atoms with Crippen molar-refractivity contribution in [1.82, 2.24) is 30.5 Å². The van der Waals surface area contributed by atoms with Crippen LogP contribution >= 0.6 is 0 Å². The fourth-order valence-corrected chi connectivity index (χ4v) is 3.57. The number of carbonyl (C=O) groups excluding carboxylic acids is 1. The quantitative estimate of drug-likeness (QED) is 0.514. The molecule has 1 saturated heterocycles. The van der Waals surface area contributed by atoms with E-state index in [1.165, 1.54) is 12.4 Å². The Hall–Kier alpha value is -3.43. The Morgan fingerprint density at radius 2 is 2.03 bits per heavy atom. The number of amides is 1. The molecule has 9 heteroatoms. The molecule has 0 spiro atoms. The normalized spacial score (nSPS) is 14.1. The lowest BCUT2D eigenvalue weighted by Crippen LogP contribution is -2.44. The first-order valence-corrected chi connectivity index (χ1v) is 11.0. The van der Waals surface area contributed by atoms with E-state index in [1.54, 1.807) is 42.7 Å². The largest absolute Gasteiger partial charge is 0.492 e. The minimum Gasteiger partial charge on any atom is -0.492 e. The number of hydrogen-bond donors (Lipinski definition) is 2. The summed E-state index contributed by atoms with van der Waals surface area (Å²) in [5.41, 5.74) is 2.37. The Morgan fingerprint density at radius 1 is 1.15 bits per heavy atom. The summed E-state index contributed by atoms with van der Waals surface area (Å²) >= 11 is 0. The van der Waals surface area contributed by atoms with Crippen LogP contribution in [0.2, 0.25) is 0 Å². The van der Waals surface area contributed by atoms with Gasteiger partial charge >= 0.3 is 0 Å². The van der Waals surface area contributed by atoms with Crippen molar-refractivity contribution in [3.05, 3.63) is 72.2 Å². The maximum absolute atomic E-state index is 14.7. The minimum atomic E-state index is -0.391. The molecule has 1 amide bonds. The molecular weight excluding hydrogens is 423 g/mol. The summed E-state index contributed by atoms with van der Waals surface area (Å²) < 4.78 is 20.4. The average Bonchev–Trinajstić information content (AvgIpc) is 2.85. The first kappa shape index (κ1) is 22.8. The van der Waals surface area contributed by atoms with Crippen LogP contribution in [0.3, 0.4) is 0 Å². The Balaban J connectivity index is 1.28. The molecule has 8 nitrogen and oxygen atoms in total. The Bertz CT molecular complexity index is 1040. The van der Waals surface area contributed by atoms with Gasteiger partial charge in [-0.15, -0.1) is 0 Å². The maximum atomic E-state index is 14.7. The van der Waals surface area contributed by atoms with E-state index in [9.17, 15) is 9.18 Å². The Morgan fingerprint density at radius 3 is 2.76 bits per heavy atom. The molecule has 1 aliphatic rings. The fourth-order valence-electron chi connectivity index (χ4n) is 3.57. The standard InChI is InChI=1S/C24H27FN6O2/c25-22-14-20(33-12-11-31-9-7-26-8-10-31)2-3-21(22)23-4-1-18(15-28-23)13-24(32)29-16-19-5-6-27-17-30-19/h1-6,14-15,17,26H,7-13,16H2,(H,29,32). The third-order valence-electron chi connectivity index (χ3n) is 5.40. The highest BCUT2D eigenvalue weighted by atomic mass is 19.1. The van der Waals surface area contributed by atoms with E-state index in [0.717, 1.165) is 44.0 Å². The van der Waals surface area contributed by atoms with Crippen molar-refractivity contribution in [2.75, 3.05) is 39.3 Å². The second-order valence-electron chi connectivity index (χ2n) is 7.79. The van der Waals surface area contributed by atoms with Gasteiger partial charge in [0.25, 0.3) is 0 Å². The molecule has 0 atom stereocenters. The van der Waals surface area contributed by atoms with Gasteiger partial charge in [0.1, 0.15) is 24.5 Å². The number of benzene rings is 1. The lowest BCUT2D eigenvalue weighted by Gasteiger charge is -2.26. The molecule has 3 heterocycles. The van der Waals surface area contributed by atoms with Gasteiger partial charge in [0, 0.05) is 56.7 Å². The van der Waals surface area contributed by atoms with Gasteiger partial charge < -0.3 is 15.4 Å². The zero-order valence-corrected chi connectivity index (χ0v) is 18.3. The number of nitrogens with one attached hydrogen (secondary N) is 2. The smallest absolute Gasteiger partial charge is 0.224 e. The number of hydrogen-bond acceptors (Lipinski definition) is 7. The minimum absolute atomic E-state index is 0.142. The van der Waals surface area contributed by atoms with Gasteiger partial charge in [-0.3, -0.25) is 14.7 Å². The van der Waals surface area contributed by atoms with E-state index in [4.69, 9.17) is 4.74 Å². The molecule has 0 unspecified atom stereocenters. The molecule has 3 aromatic rings. The van der Waals surface area contributed by atoms with Crippen molar-refractivity contribution in [3.63, 3.8) is 0 Å². The van der Waals surface area contributed by atoms with Gasteiger partial charge in [-0.25, -0.2) is 14.4 Å². The highest BCUT2D eigenvalue weighted by molar-refractivity contribution is 5.78. The van der Waals surface area contributed by atoms with Gasteiger partial charge in [0.2, 0.25) is 5.91 Å². The molecular formula is C24H27FN6O2. The summed E-state index contributed by atoms with van der Waals surface area (Å²) in [4.78, 5) is 26.7. The lowest BCUT2D eigenvalue weighted by atomic mass is 10.1. The van der Waals surface area contributed by atoms with Gasteiger partial charge in [-0.1, -0.05) is 6.07 Å². The number of ether oxygens (including phenoxy) is 1.